The maximum atomic E-state index is 12.4. The Balaban J connectivity index is 2.06. The number of carboxylic acids is 1. The highest BCUT2D eigenvalue weighted by Gasteiger charge is 2.02. The van der Waals surface area contributed by atoms with Gasteiger partial charge in [0.15, 0.2) is 0 Å². The maximum absolute atomic E-state index is 12.4. The summed E-state index contributed by atoms with van der Waals surface area (Å²) in [6, 6.07) is 6.62. The van der Waals surface area contributed by atoms with Crippen LogP contribution in [0.4, 0.5) is 0 Å². The summed E-state index contributed by atoms with van der Waals surface area (Å²) in [6.07, 6.45) is 6.89. The summed E-state index contributed by atoms with van der Waals surface area (Å²) >= 11 is 0. The Hall–Kier alpha value is -3.02. The molecule has 23 heavy (non-hydrogen) atoms. The number of nitrogens with one attached hydrogen (secondary N) is 1. The topological polar surface area (TPSA) is 94.0 Å². The fourth-order valence-corrected chi connectivity index (χ4v) is 1.94. The predicted molar refractivity (Wildman–Crippen MR) is 85.9 cm³/mol. The second-order valence-corrected chi connectivity index (χ2v) is 4.73. The lowest BCUT2D eigenvalue weighted by atomic mass is 10.0. The molecule has 6 nitrogen and oxygen atoms in total. The van der Waals surface area contributed by atoms with Crippen LogP contribution in [0.3, 0.4) is 0 Å². The van der Waals surface area contributed by atoms with Crippen LogP contribution in [0.25, 0.3) is 5.76 Å². The van der Waals surface area contributed by atoms with Gasteiger partial charge in [-0.1, -0.05) is 30.0 Å². The van der Waals surface area contributed by atoms with E-state index >= 15 is 0 Å². The molecule has 0 saturated heterocycles. The zero-order valence-corrected chi connectivity index (χ0v) is 12.7. The molecule has 0 bridgehead atoms. The van der Waals surface area contributed by atoms with Gasteiger partial charge in [-0.15, -0.1) is 0 Å². The molecule has 0 fully saturated rings. The van der Waals surface area contributed by atoms with E-state index in [1.807, 2.05) is 0 Å². The van der Waals surface area contributed by atoms with E-state index in [1.165, 1.54) is 0 Å². The maximum Gasteiger partial charge on any atom is 0.306 e. The van der Waals surface area contributed by atoms with Crippen LogP contribution in [-0.2, 0) is 4.79 Å². The van der Waals surface area contributed by atoms with Crippen molar-refractivity contribution in [3.63, 3.8) is 0 Å². The Kier molecular flexibility index (Phi) is 5.57. The van der Waals surface area contributed by atoms with Gasteiger partial charge in [-0.2, -0.15) is 5.10 Å². The minimum Gasteiger partial charge on any atom is -0.872 e. The molecule has 1 aromatic rings. The minimum atomic E-state index is -0.912. The number of benzene rings is 1. The molecule has 0 unspecified atom stereocenters. The average molecular weight is 313 g/mol. The summed E-state index contributed by atoms with van der Waals surface area (Å²) < 4.78 is 5.29. The van der Waals surface area contributed by atoms with Crippen molar-refractivity contribution in [2.45, 2.75) is 6.42 Å². The number of hydrazone groups is 1. The van der Waals surface area contributed by atoms with Crippen LogP contribution in [-0.4, -0.2) is 30.4 Å². The lowest BCUT2D eigenvalue weighted by Crippen LogP contribution is -2.08. The van der Waals surface area contributed by atoms with E-state index in [2.05, 4.69) is 10.5 Å². The first-order valence-electron chi connectivity index (χ1n) is 7.07. The lowest BCUT2D eigenvalue weighted by molar-refractivity contribution is -0.244. The van der Waals surface area contributed by atoms with Crippen LogP contribution in [0.5, 0.6) is 5.75 Å². The highest BCUT2D eigenvalue weighted by atomic mass is 16.5. The Morgan fingerprint density at radius 1 is 1.22 bits per heavy atom. The molecule has 0 radical (unpaired) electrons. The number of rotatable bonds is 6. The second-order valence-electron chi connectivity index (χ2n) is 4.73. The first-order chi connectivity index (χ1) is 11.1. The first-order valence-corrected chi connectivity index (χ1v) is 7.07. The van der Waals surface area contributed by atoms with Gasteiger partial charge in [0.05, 0.1) is 18.7 Å². The van der Waals surface area contributed by atoms with Gasteiger partial charge >= 0.3 is 5.97 Å². The smallest absolute Gasteiger partial charge is 0.306 e. The van der Waals surface area contributed by atoms with E-state index in [4.69, 9.17) is 9.84 Å². The Bertz CT molecular complexity index is 667. The van der Waals surface area contributed by atoms with E-state index in [1.54, 1.807) is 55.6 Å². The van der Waals surface area contributed by atoms with Crippen LogP contribution < -0.4 is 15.3 Å². The fraction of sp³-hybridized carbons (Fsp3) is 0.176. The number of carbonyl (C=O) groups is 1. The van der Waals surface area contributed by atoms with Crippen molar-refractivity contribution in [1.82, 2.24) is 5.43 Å². The third kappa shape index (κ3) is 4.74. The highest BCUT2D eigenvalue weighted by Crippen LogP contribution is 2.20. The molecule has 0 heterocycles. The quantitative estimate of drug-likeness (QED) is 0.610. The van der Waals surface area contributed by atoms with E-state index in [0.29, 0.717) is 16.9 Å². The van der Waals surface area contributed by atoms with Crippen LogP contribution in [0, 0.1) is 0 Å². The molecule has 0 saturated carbocycles. The van der Waals surface area contributed by atoms with E-state index in [9.17, 15) is 9.90 Å². The third-order valence-electron chi connectivity index (χ3n) is 3.07. The van der Waals surface area contributed by atoms with E-state index in [-0.39, 0.29) is 18.8 Å². The molecular formula is C17H17N2O4-. The molecule has 0 amide bonds. The van der Waals surface area contributed by atoms with Gasteiger partial charge in [-0.25, -0.2) is 0 Å². The Morgan fingerprint density at radius 2 is 1.87 bits per heavy atom. The predicted octanol–water partition coefficient (Wildman–Crippen LogP) is 1.31. The van der Waals surface area contributed by atoms with Crippen LogP contribution in [0.15, 0.2) is 59.2 Å². The van der Waals surface area contributed by atoms with Crippen molar-refractivity contribution in [1.29, 1.82) is 0 Å². The van der Waals surface area contributed by atoms with Gasteiger partial charge in [0, 0.05) is 7.05 Å². The largest absolute Gasteiger partial charge is 0.872 e. The lowest BCUT2D eigenvalue weighted by Gasteiger charge is -2.17. The summed E-state index contributed by atoms with van der Waals surface area (Å²) in [5.41, 5.74) is 4.53. The van der Waals surface area contributed by atoms with Gasteiger partial charge in [0.2, 0.25) is 0 Å². The summed E-state index contributed by atoms with van der Waals surface area (Å²) in [4.78, 5) is 10.4. The molecule has 0 spiro atoms. The zero-order valence-electron chi connectivity index (χ0n) is 12.7. The van der Waals surface area contributed by atoms with Gasteiger partial charge in [0.25, 0.3) is 0 Å². The van der Waals surface area contributed by atoms with Crippen LogP contribution in [0.2, 0.25) is 0 Å². The molecule has 0 aliphatic heterocycles. The molecular weight excluding hydrogens is 296 g/mol. The standard InChI is InChI=1S/C17H18N2O4/c1-18-19-14-6-2-12(3-7-14)17(22)13-4-8-15(9-5-13)23-11-10-16(20)21/h2-9,18,22H,10-11H2,1H3,(H,20,21)/p-1. The molecule has 1 aromatic carbocycles. The first kappa shape index (κ1) is 16.4. The van der Waals surface area contributed by atoms with Gasteiger partial charge < -0.3 is 20.4 Å². The number of aliphatic carboxylic acids is 1. The van der Waals surface area contributed by atoms with Crippen LogP contribution in [0.1, 0.15) is 12.0 Å². The molecule has 0 aromatic heterocycles. The van der Waals surface area contributed by atoms with Gasteiger partial charge in [-0.05, 0) is 35.4 Å². The monoisotopic (exact) mass is 313 g/mol. The minimum absolute atomic E-state index is 0.0648. The number of carboxylic acid groups (broad SMARTS) is 1. The summed E-state index contributed by atoms with van der Waals surface area (Å²) in [6.45, 7) is 0.0963. The number of ether oxygens (including phenoxy) is 1. The molecule has 1 aliphatic rings. The molecule has 1 aliphatic carbocycles. The summed E-state index contributed by atoms with van der Waals surface area (Å²) in [5, 5.41) is 24.9. The fourth-order valence-electron chi connectivity index (χ4n) is 1.94. The van der Waals surface area contributed by atoms with Crippen molar-refractivity contribution in [2.75, 3.05) is 13.7 Å². The van der Waals surface area contributed by atoms with Crippen LogP contribution >= 0.6 is 0 Å². The third-order valence-corrected chi connectivity index (χ3v) is 3.07. The number of nitrogens with zero attached hydrogens (tertiary/aromatic N) is 1. The van der Waals surface area contributed by atoms with Crippen molar-refractivity contribution in [3.8, 4) is 5.75 Å². The Labute approximate surface area is 134 Å². The normalized spacial score (nSPS) is 12.9. The van der Waals surface area contributed by atoms with Crippen molar-refractivity contribution >= 4 is 17.4 Å². The molecule has 2 N–H and O–H groups in total. The second kappa shape index (κ2) is 7.84. The Morgan fingerprint density at radius 3 is 2.43 bits per heavy atom. The number of hydrogen-bond donors (Lipinski definition) is 2. The summed E-state index contributed by atoms with van der Waals surface area (Å²) in [7, 11) is 1.71. The molecule has 2 rings (SSSR count). The molecule has 120 valence electrons. The van der Waals surface area contributed by atoms with Gasteiger partial charge in [-0.3, -0.25) is 4.79 Å². The van der Waals surface area contributed by atoms with Crippen molar-refractivity contribution in [3.05, 3.63) is 59.7 Å². The number of allylic oxidation sites excluding steroid dienone is 5. The molecule has 0 atom stereocenters. The van der Waals surface area contributed by atoms with E-state index in [0.717, 1.165) is 5.71 Å². The molecule has 6 heteroatoms. The zero-order chi connectivity index (χ0) is 16.7. The highest BCUT2D eigenvalue weighted by molar-refractivity contribution is 6.06. The number of hydrogen-bond acceptors (Lipinski definition) is 5. The van der Waals surface area contributed by atoms with Crippen molar-refractivity contribution < 1.29 is 19.7 Å². The van der Waals surface area contributed by atoms with Crippen molar-refractivity contribution in [2.24, 2.45) is 5.10 Å². The SMILES string of the molecule is CNN=C1C=CC(=C([O-])c2ccc(OCCC(=O)O)cc2)C=C1. The van der Waals surface area contributed by atoms with E-state index < -0.39 is 5.97 Å². The average Bonchev–Trinajstić information content (AvgIpc) is 2.55. The van der Waals surface area contributed by atoms with Gasteiger partial charge in [0.1, 0.15) is 5.75 Å². The summed E-state index contributed by atoms with van der Waals surface area (Å²) in [5.74, 6) is -0.477.